The smallest absolute Gasteiger partial charge is 0.244 e. The molecule has 0 atom stereocenters. The number of methoxy groups -OCH3 is 1. The van der Waals surface area contributed by atoms with Crippen molar-refractivity contribution in [1.82, 2.24) is 15.3 Å². The summed E-state index contributed by atoms with van der Waals surface area (Å²) in [5, 5.41) is 2.82. The first kappa shape index (κ1) is 17.5. The van der Waals surface area contributed by atoms with Gasteiger partial charge in [0.2, 0.25) is 5.91 Å². The number of ether oxygens (including phenoxy) is 2. The lowest BCUT2D eigenvalue weighted by molar-refractivity contribution is -0.116. The zero-order chi connectivity index (χ0) is 18.4. The molecular formula is C20H21N3O3. The molecule has 0 unspecified atom stereocenters. The molecule has 1 heterocycles. The Morgan fingerprint density at radius 1 is 1.23 bits per heavy atom. The molecule has 0 saturated carbocycles. The molecular weight excluding hydrogens is 330 g/mol. The Hall–Kier alpha value is -3.28. The van der Waals surface area contributed by atoms with E-state index in [1.54, 1.807) is 13.2 Å². The second-order valence-electron chi connectivity index (χ2n) is 5.60. The first-order chi connectivity index (χ1) is 12.7. The number of nitrogens with one attached hydrogen (secondary N) is 2. The van der Waals surface area contributed by atoms with E-state index in [1.807, 2.05) is 49.4 Å². The van der Waals surface area contributed by atoms with Crippen molar-refractivity contribution in [2.45, 2.75) is 13.5 Å². The van der Waals surface area contributed by atoms with Crippen molar-refractivity contribution in [3.63, 3.8) is 0 Å². The fourth-order valence-corrected chi connectivity index (χ4v) is 2.55. The van der Waals surface area contributed by atoms with Crippen LogP contribution >= 0.6 is 0 Å². The molecule has 0 aliphatic heterocycles. The number of H-pyrrole nitrogens is 1. The van der Waals surface area contributed by atoms with Crippen LogP contribution in [0, 0.1) is 0 Å². The lowest BCUT2D eigenvalue weighted by atomic mass is 10.2. The van der Waals surface area contributed by atoms with E-state index in [4.69, 9.17) is 9.47 Å². The number of amides is 1. The van der Waals surface area contributed by atoms with Gasteiger partial charge in [-0.15, -0.1) is 0 Å². The summed E-state index contributed by atoms with van der Waals surface area (Å²) in [6.07, 6.45) is 3.21. The molecule has 0 spiro atoms. The molecule has 0 bridgehead atoms. The predicted molar refractivity (Wildman–Crippen MR) is 101 cm³/mol. The van der Waals surface area contributed by atoms with Crippen LogP contribution in [0.4, 0.5) is 0 Å². The van der Waals surface area contributed by atoms with Crippen LogP contribution in [0.15, 0.2) is 48.5 Å². The summed E-state index contributed by atoms with van der Waals surface area (Å²) in [7, 11) is 1.59. The average molecular weight is 351 g/mol. The topological polar surface area (TPSA) is 76.2 Å². The molecule has 1 amide bonds. The highest BCUT2D eigenvalue weighted by Crippen LogP contribution is 2.28. The first-order valence-corrected chi connectivity index (χ1v) is 8.40. The third-order valence-electron chi connectivity index (χ3n) is 3.78. The number of nitrogens with zero attached hydrogens (tertiary/aromatic N) is 1. The second kappa shape index (κ2) is 8.20. The number of aromatic nitrogens is 2. The Balaban J connectivity index is 1.60. The molecule has 6 nitrogen and oxygen atoms in total. The number of benzene rings is 2. The molecule has 3 aromatic rings. The van der Waals surface area contributed by atoms with Crippen molar-refractivity contribution < 1.29 is 14.3 Å². The minimum atomic E-state index is -0.196. The van der Waals surface area contributed by atoms with Gasteiger partial charge in [0.15, 0.2) is 11.5 Å². The summed E-state index contributed by atoms with van der Waals surface area (Å²) >= 11 is 0. The lowest BCUT2D eigenvalue weighted by Gasteiger charge is -2.09. The Morgan fingerprint density at radius 3 is 2.85 bits per heavy atom. The molecule has 0 aliphatic rings. The fraction of sp³-hybridized carbons (Fsp3) is 0.200. The van der Waals surface area contributed by atoms with Crippen molar-refractivity contribution in [3.8, 4) is 11.5 Å². The first-order valence-electron chi connectivity index (χ1n) is 8.40. The highest BCUT2D eigenvalue weighted by molar-refractivity contribution is 5.91. The van der Waals surface area contributed by atoms with Gasteiger partial charge in [-0.2, -0.15) is 0 Å². The number of rotatable bonds is 7. The number of hydrogen-bond donors (Lipinski definition) is 2. The van der Waals surface area contributed by atoms with Gasteiger partial charge in [-0.1, -0.05) is 18.2 Å². The maximum absolute atomic E-state index is 12.0. The summed E-state index contributed by atoms with van der Waals surface area (Å²) in [6.45, 7) is 2.82. The Labute approximate surface area is 151 Å². The number of fused-ring (bicyclic) bond motifs is 1. The van der Waals surface area contributed by atoms with Crippen molar-refractivity contribution in [3.05, 3.63) is 59.9 Å². The molecule has 134 valence electrons. The molecule has 1 aromatic heterocycles. The number of carbonyl (C=O) groups is 1. The molecule has 0 fully saturated rings. The second-order valence-corrected chi connectivity index (χ2v) is 5.60. The Bertz CT molecular complexity index is 898. The van der Waals surface area contributed by atoms with Gasteiger partial charge in [0, 0.05) is 6.08 Å². The van der Waals surface area contributed by atoms with Crippen LogP contribution in [-0.2, 0) is 11.3 Å². The lowest BCUT2D eigenvalue weighted by Crippen LogP contribution is -2.20. The number of aromatic amines is 1. The molecule has 3 rings (SSSR count). The third kappa shape index (κ3) is 4.22. The van der Waals surface area contributed by atoms with Gasteiger partial charge >= 0.3 is 0 Å². The van der Waals surface area contributed by atoms with E-state index in [9.17, 15) is 4.79 Å². The van der Waals surface area contributed by atoms with Gasteiger partial charge in [-0.25, -0.2) is 4.98 Å². The SMILES string of the molecule is CCOc1ccc(/C=C/C(=O)NCc2nc3ccccc3[nH]2)cc1OC. The number of imidazole rings is 1. The normalized spacial score (nSPS) is 11.0. The van der Waals surface area contributed by atoms with E-state index in [0.29, 0.717) is 24.7 Å². The number of para-hydroxylation sites is 2. The average Bonchev–Trinajstić information content (AvgIpc) is 3.08. The van der Waals surface area contributed by atoms with E-state index in [2.05, 4.69) is 15.3 Å². The van der Waals surface area contributed by atoms with Gasteiger partial charge in [0.05, 0.1) is 31.3 Å². The zero-order valence-corrected chi connectivity index (χ0v) is 14.8. The standard InChI is InChI=1S/C20H21N3O3/c1-3-26-17-10-8-14(12-18(17)25-2)9-11-20(24)21-13-19-22-15-6-4-5-7-16(15)23-19/h4-12H,3,13H2,1-2H3,(H,21,24)(H,22,23)/b11-9+. The van der Waals surface area contributed by atoms with Crippen LogP contribution < -0.4 is 14.8 Å². The summed E-state index contributed by atoms with van der Waals surface area (Å²) in [4.78, 5) is 19.6. The zero-order valence-electron chi connectivity index (χ0n) is 14.8. The highest BCUT2D eigenvalue weighted by atomic mass is 16.5. The van der Waals surface area contributed by atoms with Crippen molar-refractivity contribution >= 4 is 23.0 Å². The maximum atomic E-state index is 12.0. The van der Waals surface area contributed by atoms with E-state index in [0.717, 1.165) is 22.4 Å². The van der Waals surface area contributed by atoms with Crippen LogP contribution in [-0.4, -0.2) is 29.6 Å². The summed E-state index contributed by atoms with van der Waals surface area (Å²) in [6, 6.07) is 13.3. The van der Waals surface area contributed by atoms with Crippen LogP contribution in [0.25, 0.3) is 17.1 Å². The summed E-state index contributed by atoms with van der Waals surface area (Å²) < 4.78 is 10.8. The van der Waals surface area contributed by atoms with E-state index in [1.165, 1.54) is 6.08 Å². The van der Waals surface area contributed by atoms with Gasteiger partial charge in [-0.05, 0) is 42.8 Å². The summed E-state index contributed by atoms with van der Waals surface area (Å²) in [5.74, 6) is 1.84. The molecule has 26 heavy (non-hydrogen) atoms. The van der Waals surface area contributed by atoms with Crippen LogP contribution in [0.2, 0.25) is 0 Å². The van der Waals surface area contributed by atoms with E-state index < -0.39 is 0 Å². The largest absolute Gasteiger partial charge is 0.493 e. The molecule has 0 saturated heterocycles. The van der Waals surface area contributed by atoms with E-state index in [-0.39, 0.29) is 5.91 Å². The van der Waals surface area contributed by atoms with Crippen LogP contribution in [0.1, 0.15) is 18.3 Å². The van der Waals surface area contributed by atoms with Gasteiger partial charge < -0.3 is 19.8 Å². The molecule has 2 N–H and O–H groups in total. The quantitative estimate of drug-likeness (QED) is 0.641. The van der Waals surface area contributed by atoms with Crippen molar-refractivity contribution in [2.24, 2.45) is 0 Å². The van der Waals surface area contributed by atoms with Crippen LogP contribution in [0.3, 0.4) is 0 Å². The van der Waals surface area contributed by atoms with Gasteiger partial charge in [0.25, 0.3) is 0 Å². The fourth-order valence-electron chi connectivity index (χ4n) is 2.55. The molecule has 2 aromatic carbocycles. The molecule has 6 heteroatoms. The number of carbonyl (C=O) groups excluding carboxylic acids is 1. The minimum absolute atomic E-state index is 0.196. The molecule has 0 radical (unpaired) electrons. The number of hydrogen-bond acceptors (Lipinski definition) is 4. The van der Waals surface area contributed by atoms with Gasteiger partial charge in [-0.3, -0.25) is 4.79 Å². The minimum Gasteiger partial charge on any atom is -0.493 e. The highest BCUT2D eigenvalue weighted by Gasteiger charge is 2.05. The predicted octanol–water partition coefficient (Wildman–Crippen LogP) is 3.30. The maximum Gasteiger partial charge on any atom is 0.244 e. The molecule has 0 aliphatic carbocycles. The van der Waals surface area contributed by atoms with Gasteiger partial charge in [0.1, 0.15) is 5.82 Å². The third-order valence-corrected chi connectivity index (χ3v) is 3.78. The van der Waals surface area contributed by atoms with E-state index >= 15 is 0 Å². The van der Waals surface area contributed by atoms with Crippen molar-refractivity contribution in [1.29, 1.82) is 0 Å². The monoisotopic (exact) mass is 351 g/mol. The Kier molecular flexibility index (Phi) is 5.53. The van der Waals surface area contributed by atoms with Crippen molar-refractivity contribution in [2.75, 3.05) is 13.7 Å². The Morgan fingerprint density at radius 2 is 2.08 bits per heavy atom. The summed E-state index contributed by atoms with van der Waals surface area (Å²) in [5.41, 5.74) is 2.69. The van der Waals surface area contributed by atoms with Crippen LogP contribution in [0.5, 0.6) is 11.5 Å².